The molecule has 3 aromatic carbocycles. The second-order valence-corrected chi connectivity index (χ2v) is 8.98. The molecule has 3 aromatic rings. The lowest BCUT2D eigenvalue weighted by molar-refractivity contribution is -0.147. The van der Waals surface area contributed by atoms with Gasteiger partial charge in [-0.1, -0.05) is 60.3 Å². The fourth-order valence-electron chi connectivity index (χ4n) is 3.88. The van der Waals surface area contributed by atoms with Gasteiger partial charge in [-0.15, -0.1) is 0 Å². The molecule has 5 rings (SSSR count). The van der Waals surface area contributed by atoms with Crippen molar-refractivity contribution >= 4 is 58.2 Å². The Labute approximate surface area is 199 Å². The molecule has 0 spiro atoms. The third-order valence-electron chi connectivity index (χ3n) is 5.42. The number of esters is 1. The summed E-state index contributed by atoms with van der Waals surface area (Å²) in [6.45, 7) is 3.11. The zero-order chi connectivity index (χ0) is 23.1. The first-order valence-electron chi connectivity index (χ1n) is 10.1. The average molecular weight is 477 g/mol. The normalized spacial score (nSPS) is 14.0. The Morgan fingerprint density at radius 1 is 0.939 bits per heavy atom. The monoisotopic (exact) mass is 476 g/mol. The lowest BCUT2D eigenvalue weighted by atomic mass is 10.1. The van der Waals surface area contributed by atoms with Crippen LogP contribution in [0.4, 0.5) is 11.4 Å². The average Bonchev–Trinajstić information content (AvgIpc) is 3.06. The summed E-state index contributed by atoms with van der Waals surface area (Å²) >= 11 is 7.72. The highest BCUT2D eigenvalue weighted by atomic mass is 35.5. The van der Waals surface area contributed by atoms with Crippen molar-refractivity contribution in [2.75, 3.05) is 18.1 Å². The van der Waals surface area contributed by atoms with Gasteiger partial charge in [0.15, 0.2) is 6.61 Å². The molecule has 0 fully saturated rings. The summed E-state index contributed by atoms with van der Waals surface area (Å²) in [5.74, 6) is -1.43. The number of para-hydroxylation sites is 1. The number of halogens is 1. The van der Waals surface area contributed by atoms with Crippen LogP contribution in [0.5, 0.6) is 0 Å². The molecule has 33 heavy (non-hydrogen) atoms. The largest absolute Gasteiger partial charge is 0.454 e. The third kappa shape index (κ3) is 3.79. The van der Waals surface area contributed by atoms with Crippen molar-refractivity contribution in [1.29, 1.82) is 0 Å². The number of hydrogen-bond acceptors (Lipinski definition) is 5. The smallest absolute Gasteiger partial charge is 0.326 e. The van der Waals surface area contributed by atoms with E-state index in [0.717, 1.165) is 9.79 Å². The highest BCUT2D eigenvalue weighted by Crippen LogP contribution is 2.48. The summed E-state index contributed by atoms with van der Waals surface area (Å²) in [5.41, 5.74) is 2.93. The molecule has 2 aliphatic rings. The van der Waals surface area contributed by atoms with E-state index in [4.69, 9.17) is 16.3 Å². The van der Waals surface area contributed by atoms with Gasteiger partial charge in [-0.2, -0.15) is 0 Å². The first-order chi connectivity index (χ1) is 15.9. The van der Waals surface area contributed by atoms with Gasteiger partial charge in [0.25, 0.3) is 11.8 Å². The number of anilines is 2. The predicted octanol–water partition coefficient (Wildman–Crippen LogP) is 5.14. The second kappa shape index (κ2) is 8.42. The Hall–Kier alpha value is -3.55. The van der Waals surface area contributed by atoms with Gasteiger partial charge in [0.1, 0.15) is 6.54 Å². The standard InChI is InChI=1S/C25H17ClN2O4S/c1-15-17-6-2-3-7-18(17)25(31)27(15)13-24(30)32-14-23(29)28-19-8-4-5-9-21(19)33-22-11-10-16(26)12-20(22)28/h2-12H,1,13-14H2. The molecule has 0 saturated heterocycles. The summed E-state index contributed by atoms with van der Waals surface area (Å²) in [5, 5.41) is 0.495. The molecule has 0 saturated carbocycles. The molecule has 0 radical (unpaired) electrons. The number of amides is 2. The minimum absolute atomic E-state index is 0.315. The number of rotatable bonds is 4. The van der Waals surface area contributed by atoms with Crippen LogP contribution in [-0.2, 0) is 14.3 Å². The van der Waals surface area contributed by atoms with Gasteiger partial charge in [0.2, 0.25) is 0 Å². The lowest BCUT2D eigenvalue weighted by Gasteiger charge is -2.31. The molecule has 0 aromatic heterocycles. The van der Waals surface area contributed by atoms with Gasteiger partial charge in [-0.25, -0.2) is 0 Å². The molecule has 0 unspecified atom stereocenters. The summed E-state index contributed by atoms with van der Waals surface area (Å²) in [7, 11) is 0. The van der Waals surface area contributed by atoms with Crippen molar-refractivity contribution < 1.29 is 19.1 Å². The van der Waals surface area contributed by atoms with Gasteiger partial charge in [0.05, 0.1) is 11.4 Å². The Kier molecular flexibility index (Phi) is 5.44. The molecule has 0 N–H and O–H groups in total. The highest BCUT2D eigenvalue weighted by molar-refractivity contribution is 7.99. The van der Waals surface area contributed by atoms with Crippen LogP contribution in [0.15, 0.2) is 83.1 Å². The van der Waals surface area contributed by atoms with Crippen molar-refractivity contribution in [3.8, 4) is 0 Å². The van der Waals surface area contributed by atoms with Crippen LogP contribution in [0.25, 0.3) is 5.70 Å². The van der Waals surface area contributed by atoms with E-state index in [9.17, 15) is 14.4 Å². The highest BCUT2D eigenvalue weighted by Gasteiger charge is 2.33. The number of carbonyl (C=O) groups is 3. The molecule has 2 aliphatic heterocycles. The molecule has 6 nitrogen and oxygen atoms in total. The number of ether oxygens (including phenoxy) is 1. The lowest BCUT2D eigenvalue weighted by Crippen LogP contribution is -2.35. The van der Waals surface area contributed by atoms with E-state index >= 15 is 0 Å². The summed E-state index contributed by atoms with van der Waals surface area (Å²) in [4.78, 5) is 42.9. The van der Waals surface area contributed by atoms with Gasteiger partial charge in [-0.05, 0) is 36.4 Å². The first kappa shape index (κ1) is 21.3. The van der Waals surface area contributed by atoms with Crippen molar-refractivity contribution in [1.82, 2.24) is 4.90 Å². The fraction of sp³-hybridized carbons (Fsp3) is 0.0800. The summed E-state index contributed by atoms with van der Waals surface area (Å²) in [6.07, 6.45) is 0. The van der Waals surface area contributed by atoms with Crippen LogP contribution in [0.1, 0.15) is 15.9 Å². The SMILES string of the molecule is C=C1c2ccccc2C(=O)N1CC(=O)OCC(=O)N1c2ccccc2Sc2ccc(Cl)cc21. The van der Waals surface area contributed by atoms with Crippen molar-refractivity contribution in [2.24, 2.45) is 0 Å². The molecule has 0 bridgehead atoms. The minimum atomic E-state index is -0.698. The number of carbonyl (C=O) groups excluding carboxylic acids is 3. The summed E-state index contributed by atoms with van der Waals surface area (Å²) in [6, 6.07) is 19.8. The van der Waals surface area contributed by atoms with Crippen molar-refractivity contribution in [3.63, 3.8) is 0 Å². The Morgan fingerprint density at radius 2 is 1.64 bits per heavy atom. The minimum Gasteiger partial charge on any atom is -0.454 e. The topological polar surface area (TPSA) is 66.9 Å². The van der Waals surface area contributed by atoms with E-state index < -0.39 is 18.5 Å². The molecular formula is C25H17ClN2O4S. The number of fused-ring (bicyclic) bond motifs is 3. The van der Waals surface area contributed by atoms with E-state index in [1.54, 1.807) is 36.4 Å². The Morgan fingerprint density at radius 3 is 2.42 bits per heavy atom. The Balaban J connectivity index is 1.31. The zero-order valence-electron chi connectivity index (χ0n) is 17.3. The summed E-state index contributed by atoms with van der Waals surface area (Å²) < 4.78 is 5.27. The molecule has 0 aliphatic carbocycles. The van der Waals surface area contributed by atoms with Crippen LogP contribution >= 0.6 is 23.4 Å². The van der Waals surface area contributed by atoms with E-state index in [2.05, 4.69) is 6.58 Å². The molecule has 2 amide bonds. The first-order valence-corrected chi connectivity index (χ1v) is 11.3. The van der Waals surface area contributed by atoms with E-state index in [1.807, 2.05) is 30.3 Å². The quantitative estimate of drug-likeness (QED) is 0.488. The van der Waals surface area contributed by atoms with Crippen LogP contribution in [-0.4, -0.2) is 35.8 Å². The van der Waals surface area contributed by atoms with E-state index in [0.29, 0.717) is 33.2 Å². The van der Waals surface area contributed by atoms with Gasteiger partial charge >= 0.3 is 5.97 Å². The van der Waals surface area contributed by atoms with Gasteiger partial charge in [0, 0.05) is 31.6 Å². The maximum Gasteiger partial charge on any atom is 0.326 e. The molecule has 8 heteroatoms. The maximum absolute atomic E-state index is 13.2. The second-order valence-electron chi connectivity index (χ2n) is 7.46. The predicted molar refractivity (Wildman–Crippen MR) is 127 cm³/mol. The van der Waals surface area contributed by atoms with Gasteiger partial charge < -0.3 is 4.74 Å². The van der Waals surface area contributed by atoms with Gasteiger partial charge in [-0.3, -0.25) is 24.2 Å². The zero-order valence-corrected chi connectivity index (χ0v) is 18.9. The van der Waals surface area contributed by atoms with E-state index in [1.165, 1.54) is 21.6 Å². The third-order valence-corrected chi connectivity index (χ3v) is 6.79. The van der Waals surface area contributed by atoms with Crippen LogP contribution in [0.3, 0.4) is 0 Å². The molecule has 164 valence electrons. The van der Waals surface area contributed by atoms with E-state index in [-0.39, 0.29) is 12.5 Å². The molecule has 2 heterocycles. The number of hydrogen-bond donors (Lipinski definition) is 0. The molecule has 0 atom stereocenters. The van der Waals surface area contributed by atoms with Crippen molar-refractivity contribution in [3.05, 3.63) is 89.5 Å². The fourth-order valence-corrected chi connectivity index (χ4v) is 5.08. The molecular weight excluding hydrogens is 460 g/mol. The van der Waals surface area contributed by atoms with Crippen molar-refractivity contribution in [2.45, 2.75) is 9.79 Å². The van der Waals surface area contributed by atoms with Crippen LogP contribution in [0, 0.1) is 0 Å². The number of benzene rings is 3. The van der Waals surface area contributed by atoms with Crippen LogP contribution < -0.4 is 4.90 Å². The number of nitrogens with zero attached hydrogens (tertiary/aromatic N) is 2. The van der Waals surface area contributed by atoms with Crippen LogP contribution in [0.2, 0.25) is 5.02 Å². The maximum atomic E-state index is 13.2. The Bertz CT molecular complexity index is 1300.